The lowest BCUT2D eigenvalue weighted by atomic mass is 10.0. The van der Waals surface area contributed by atoms with Crippen LogP contribution in [0.25, 0.3) is 11.0 Å². The fourth-order valence-electron chi connectivity index (χ4n) is 2.54. The maximum absolute atomic E-state index is 14.9. The fraction of sp³-hybridized carbons (Fsp3) is 0.211. The molecule has 0 saturated carbocycles. The summed E-state index contributed by atoms with van der Waals surface area (Å²) in [6.07, 6.45) is 3.95. The summed E-state index contributed by atoms with van der Waals surface area (Å²) in [7, 11) is 1.69. The number of nitrogens with zero attached hydrogens (tertiary/aromatic N) is 3. The number of ketones is 1. The van der Waals surface area contributed by atoms with E-state index in [4.69, 9.17) is 0 Å². The predicted molar refractivity (Wildman–Crippen MR) is 100 cm³/mol. The average molecular weight is 373 g/mol. The molecule has 7 heteroatoms. The number of fused-ring (bicyclic) bond motifs is 1. The van der Waals surface area contributed by atoms with Gasteiger partial charge in [0.1, 0.15) is 5.82 Å². The fourth-order valence-corrected chi connectivity index (χ4v) is 3.28. The van der Waals surface area contributed by atoms with Crippen LogP contribution in [0.3, 0.4) is 0 Å². The van der Waals surface area contributed by atoms with Crippen molar-refractivity contribution in [2.45, 2.75) is 13.3 Å². The Morgan fingerprint density at radius 3 is 2.58 bits per heavy atom. The van der Waals surface area contributed by atoms with Crippen LogP contribution in [-0.4, -0.2) is 28.6 Å². The molecule has 0 amide bonds. The summed E-state index contributed by atoms with van der Waals surface area (Å²) in [5.74, 6) is -1.67. The molecule has 0 fully saturated rings. The molecule has 3 aromatic rings. The minimum atomic E-state index is -0.885. The summed E-state index contributed by atoms with van der Waals surface area (Å²) in [6.45, 7) is 2.01. The number of carbonyl (C=O) groups excluding carboxylic acids is 1. The summed E-state index contributed by atoms with van der Waals surface area (Å²) < 4.78 is 30.8. The molecular weight excluding hydrogens is 356 g/mol. The van der Waals surface area contributed by atoms with Crippen molar-refractivity contribution in [2.24, 2.45) is 0 Å². The van der Waals surface area contributed by atoms with Crippen LogP contribution >= 0.6 is 11.9 Å². The summed E-state index contributed by atoms with van der Waals surface area (Å²) in [5, 5.41) is 0. The topological polar surface area (TPSA) is 46.1 Å². The Bertz CT molecular complexity index is 965. The van der Waals surface area contributed by atoms with Gasteiger partial charge in [0.05, 0.1) is 22.3 Å². The summed E-state index contributed by atoms with van der Waals surface area (Å²) in [6, 6.07) is 7.07. The van der Waals surface area contributed by atoms with Crippen LogP contribution in [0.2, 0.25) is 0 Å². The second-order valence-electron chi connectivity index (χ2n) is 5.68. The molecule has 0 N–H and O–H groups in total. The van der Waals surface area contributed by atoms with Gasteiger partial charge in [-0.3, -0.25) is 14.8 Å². The van der Waals surface area contributed by atoms with Crippen molar-refractivity contribution in [2.75, 3.05) is 17.1 Å². The lowest BCUT2D eigenvalue weighted by molar-refractivity contribution is 0.103. The summed E-state index contributed by atoms with van der Waals surface area (Å²) in [5.41, 5.74) is 0.876. The number of halogens is 2. The minimum Gasteiger partial charge on any atom is -0.317 e. The van der Waals surface area contributed by atoms with Gasteiger partial charge in [-0.2, -0.15) is 0 Å². The smallest absolute Gasteiger partial charge is 0.199 e. The lowest BCUT2D eigenvalue weighted by Gasteiger charge is -2.19. The Hall–Kier alpha value is -2.54. The van der Waals surface area contributed by atoms with Crippen LogP contribution in [0.1, 0.15) is 29.3 Å². The third kappa shape index (κ3) is 3.53. The molecule has 0 unspecified atom stereocenters. The van der Waals surface area contributed by atoms with E-state index in [1.807, 2.05) is 6.92 Å². The minimum absolute atomic E-state index is 0.164. The number of anilines is 1. The maximum atomic E-state index is 14.9. The zero-order valence-electron chi connectivity index (χ0n) is 14.4. The van der Waals surface area contributed by atoms with Gasteiger partial charge in [0.2, 0.25) is 0 Å². The molecule has 3 rings (SSSR count). The molecule has 134 valence electrons. The summed E-state index contributed by atoms with van der Waals surface area (Å²) >= 11 is 1.41. The summed E-state index contributed by atoms with van der Waals surface area (Å²) in [4.78, 5) is 21.0. The molecule has 0 radical (unpaired) electrons. The number of aromatic nitrogens is 2. The van der Waals surface area contributed by atoms with Crippen molar-refractivity contribution in [3.8, 4) is 0 Å². The molecule has 2 aromatic carbocycles. The quantitative estimate of drug-likeness (QED) is 0.466. The second kappa shape index (κ2) is 7.78. The van der Waals surface area contributed by atoms with Crippen molar-refractivity contribution in [3.05, 3.63) is 65.5 Å². The van der Waals surface area contributed by atoms with E-state index in [9.17, 15) is 13.6 Å². The van der Waals surface area contributed by atoms with E-state index in [1.54, 1.807) is 17.4 Å². The Labute approximate surface area is 154 Å². The van der Waals surface area contributed by atoms with E-state index in [2.05, 4.69) is 9.97 Å². The highest BCUT2D eigenvalue weighted by Crippen LogP contribution is 2.30. The van der Waals surface area contributed by atoms with Crippen LogP contribution in [0.5, 0.6) is 0 Å². The molecule has 0 atom stereocenters. The first-order valence-electron chi connectivity index (χ1n) is 8.13. The number of hydrogen-bond donors (Lipinski definition) is 0. The maximum Gasteiger partial charge on any atom is 0.199 e. The Kier molecular flexibility index (Phi) is 5.46. The van der Waals surface area contributed by atoms with Crippen LogP contribution < -0.4 is 4.31 Å². The lowest BCUT2D eigenvalue weighted by Crippen LogP contribution is -2.14. The van der Waals surface area contributed by atoms with E-state index in [0.29, 0.717) is 11.0 Å². The number of hydrogen-bond acceptors (Lipinski definition) is 5. The van der Waals surface area contributed by atoms with Crippen LogP contribution in [0.15, 0.2) is 42.7 Å². The first-order chi connectivity index (χ1) is 12.5. The zero-order chi connectivity index (χ0) is 18.7. The van der Waals surface area contributed by atoms with Gasteiger partial charge in [-0.05, 0) is 36.8 Å². The number of benzene rings is 2. The highest BCUT2D eigenvalue weighted by molar-refractivity contribution is 8.00. The van der Waals surface area contributed by atoms with E-state index in [1.165, 1.54) is 42.5 Å². The first-order valence-corrected chi connectivity index (χ1v) is 9.07. The van der Waals surface area contributed by atoms with Gasteiger partial charge in [0.25, 0.3) is 0 Å². The van der Waals surface area contributed by atoms with E-state index in [-0.39, 0.29) is 11.3 Å². The largest absolute Gasteiger partial charge is 0.317 e. The zero-order valence-corrected chi connectivity index (χ0v) is 15.2. The van der Waals surface area contributed by atoms with Gasteiger partial charge in [-0.1, -0.05) is 18.9 Å². The molecule has 1 heterocycles. The third-order valence-corrected chi connectivity index (χ3v) is 5.03. The van der Waals surface area contributed by atoms with Gasteiger partial charge >= 0.3 is 0 Å². The average Bonchev–Trinajstić information content (AvgIpc) is 2.65. The molecule has 1 aromatic heterocycles. The predicted octanol–water partition coefficient (Wildman–Crippen LogP) is 4.63. The standard InChI is InChI=1S/C19H17F2N3OS/c1-3-10-26-24(2)16-7-5-13(20)17(18(16)21)19(25)12-4-6-14-15(11-12)23-9-8-22-14/h4-9,11H,3,10H2,1-2H3. The van der Waals surface area contributed by atoms with Crippen molar-refractivity contribution >= 4 is 34.5 Å². The van der Waals surface area contributed by atoms with Crippen molar-refractivity contribution in [1.29, 1.82) is 0 Å². The molecule has 0 spiro atoms. The molecule has 26 heavy (non-hydrogen) atoms. The highest BCUT2D eigenvalue weighted by atomic mass is 32.2. The van der Waals surface area contributed by atoms with Gasteiger partial charge in [-0.25, -0.2) is 8.78 Å². The van der Waals surface area contributed by atoms with E-state index < -0.39 is 23.0 Å². The highest BCUT2D eigenvalue weighted by Gasteiger charge is 2.23. The molecule has 0 aliphatic rings. The third-order valence-electron chi connectivity index (χ3n) is 3.86. The molecule has 0 bridgehead atoms. The SMILES string of the molecule is CCCSN(C)c1ccc(F)c(C(=O)c2ccc3nccnc3c2)c1F. The number of carbonyl (C=O) groups is 1. The monoisotopic (exact) mass is 373 g/mol. The normalized spacial score (nSPS) is 10.9. The second-order valence-corrected chi connectivity index (χ2v) is 6.89. The molecule has 4 nitrogen and oxygen atoms in total. The van der Waals surface area contributed by atoms with Crippen LogP contribution in [-0.2, 0) is 0 Å². The van der Waals surface area contributed by atoms with Crippen molar-refractivity contribution < 1.29 is 13.6 Å². The molecule has 0 aliphatic heterocycles. The molecule has 0 aliphatic carbocycles. The van der Waals surface area contributed by atoms with E-state index >= 15 is 0 Å². The van der Waals surface area contributed by atoms with E-state index in [0.717, 1.165) is 18.2 Å². The Morgan fingerprint density at radius 1 is 1.12 bits per heavy atom. The molecule has 0 saturated heterocycles. The van der Waals surface area contributed by atoms with Gasteiger partial charge in [0, 0.05) is 30.8 Å². The molecular formula is C19H17F2N3OS. The van der Waals surface area contributed by atoms with Crippen LogP contribution in [0.4, 0.5) is 14.5 Å². The Morgan fingerprint density at radius 2 is 1.85 bits per heavy atom. The van der Waals surface area contributed by atoms with Gasteiger partial charge in [-0.15, -0.1) is 0 Å². The van der Waals surface area contributed by atoms with Gasteiger partial charge in [0.15, 0.2) is 11.6 Å². The number of rotatable bonds is 6. The first kappa shape index (κ1) is 18.3. The van der Waals surface area contributed by atoms with Crippen LogP contribution in [0, 0.1) is 11.6 Å². The van der Waals surface area contributed by atoms with Gasteiger partial charge < -0.3 is 4.31 Å². The van der Waals surface area contributed by atoms with Crippen molar-refractivity contribution in [3.63, 3.8) is 0 Å². The van der Waals surface area contributed by atoms with Crippen molar-refractivity contribution in [1.82, 2.24) is 9.97 Å². The Balaban J connectivity index is 2.02.